The first-order valence-corrected chi connectivity index (χ1v) is 7.52. The van der Waals surface area contributed by atoms with Crippen LogP contribution in [0, 0.1) is 5.82 Å². The van der Waals surface area contributed by atoms with Crippen molar-refractivity contribution >= 4 is 11.5 Å². The molecule has 0 radical (unpaired) electrons. The molecule has 0 aliphatic carbocycles. The Morgan fingerprint density at radius 3 is 2.78 bits per heavy atom. The second-order valence-corrected chi connectivity index (χ2v) is 5.56. The SMILES string of the molecule is Fc1cnccc1CN1CCN(c2ccc3nncn3n2)CC1. The third kappa shape index (κ3) is 2.85. The van der Waals surface area contributed by atoms with Gasteiger partial charge in [-0.1, -0.05) is 0 Å². The highest BCUT2D eigenvalue weighted by Crippen LogP contribution is 2.16. The molecular formula is C15H16FN7. The third-order valence-corrected chi connectivity index (χ3v) is 4.09. The minimum absolute atomic E-state index is 0.241. The largest absolute Gasteiger partial charge is 0.353 e. The van der Waals surface area contributed by atoms with Crippen molar-refractivity contribution in [3.8, 4) is 0 Å². The molecule has 1 aliphatic rings. The van der Waals surface area contributed by atoms with Crippen LogP contribution in [0.4, 0.5) is 10.2 Å². The Kier molecular flexibility index (Phi) is 3.58. The van der Waals surface area contributed by atoms with Gasteiger partial charge in [-0.25, -0.2) is 4.39 Å². The van der Waals surface area contributed by atoms with Crippen LogP contribution in [-0.2, 0) is 6.54 Å². The lowest BCUT2D eigenvalue weighted by atomic mass is 10.2. The molecule has 118 valence electrons. The topological polar surface area (TPSA) is 62.5 Å². The lowest BCUT2D eigenvalue weighted by molar-refractivity contribution is 0.246. The summed E-state index contributed by atoms with van der Waals surface area (Å²) in [4.78, 5) is 8.25. The molecule has 0 unspecified atom stereocenters. The van der Waals surface area contributed by atoms with E-state index in [2.05, 4.69) is 30.1 Å². The molecule has 7 nitrogen and oxygen atoms in total. The molecule has 4 heterocycles. The van der Waals surface area contributed by atoms with Crippen molar-refractivity contribution in [3.63, 3.8) is 0 Å². The van der Waals surface area contributed by atoms with E-state index in [0.29, 0.717) is 12.1 Å². The molecule has 0 N–H and O–H groups in total. The number of pyridine rings is 1. The zero-order valence-corrected chi connectivity index (χ0v) is 12.5. The Morgan fingerprint density at radius 2 is 1.96 bits per heavy atom. The predicted octanol–water partition coefficient (Wildman–Crippen LogP) is 0.981. The highest BCUT2D eigenvalue weighted by molar-refractivity contribution is 5.45. The Morgan fingerprint density at radius 1 is 1.09 bits per heavy atom. The number of rotatable bonds is 3. The van der Waals surface area contributed by atoms with Gasteiger partial charge >= 0.3 is 0 Å². The summed E-state index contributed by atoms with van der Waals surface area (Å²) in [6, 6.07) is 5.61. The number of hydrogen-bond donors (Lipinski definition) is 0. The number of piperazine rings is 1. The van der Waals surface area contributed by atoms with E-state index in [4.69, 9.17) is 0 Å². The Bertz CT molecular complexity index is 810. The van der Waals surface area contributed by atoms with Crippen LogP contribution in [0.1, 0.15) is 5.56 Å². The fourth-order valence-corrected chi connectivity index (χ4v) is 2.80. The molecule has 0 bridgehead atoms. The molecule has 0 aromatic carbocycles. The number of hydrogen-bond acceptors (Lipinski definition) is 6. The van der Waals surface area contributed by atoms with Crippen LogP contribution in [0.5, 0.6) is 0 Å². The molecule has 0 saturated carbocycles. The standard InChI is InChI=1S/C15H16FN7/c16-13-9-17-4-3-12(13)10-21-5-7-22(8-6-21)15-2-1-14-19-18-11-23(14)20-15/h1-4,9,11H,5-8,10H2. The van der Waals surface area contributed by atoms with Crippen molar-refractivity contribution in [2.24, 2.45) is 0 Å². The highest BCUT2D eigenvalue weighted by atomic mass is 19.1. The summed E-state index contributed by atoms with van der Waals surface area (Å²) in [5.74, 6) is 0.668. The molecule has 0 atom stereocenters. The molecule has 4 rings (SSSR count). The maximum Gasteiger partial charge on any atom is 0.177 e. The van der Waals surface area contributed by atoms with Gasteiger partial charge in [0.25, 0.3) is 0 Å². The van der Waals surface area contributed by atoms with Crippen molar-refractivity contribution in [1.29, 1.82) is 0 Å². The number of halogens is 1. The van der Waals surface area contributed by atoms with Gasteiger partial charge in [-0.15, -0.1) is 15.3 Å². The minimum Gasteiger partial charge on any atom is -0.353 e. The third-order valence-electron chi connectivity index (χ3n) is 4.09. The van der Waals surface area contributed by atoms with Gasteiger partial charge in [0.2, 0.25) is 0 Å². The Labute approximate surface area is 132 Å². The normalized spacial score (nSPS) is 16.1. The van der Waals surface area contributed by atoms with E-state index in [1.807, 2.05) is 12.1 Å². The molecule has 0 amide bonds. The monoisotopic (exact) mass is 313 g/mol. The maximum absolute atomic E-state index is 13.7. The minimum atomic E-state index is -0.241. The quantitative estimate of drug-likeness (QED) is 0.718. The number of nitrogens with zero attached hydrogens (tertiary/aromatic N) is 7. The van der Waals surface area contributed by atoms with Gasteiger partial charge in [-0.2, -0.15) is 4.52 Å². The van der Waals surface area contributed by atoms with Gasteiger partial charge in [0.15, 0.2) is 5.65 Å². The smallest absolute Gasteiger partial charge is 0.177 e. The van der Waals surface area contributed by atoms with E-state index in [-0.39, 0.29) is 5.82 Å². The van der Waals surface area contributed by atoms with Crippen molar-refractivity contribution in [1.82, 2.24) is 29.7 Å². The van der Waals surface area contributed by atoms with Gasteiger partial charge in [0.1, 0.15) is 18.0 Å². The van der Waals surface area contributed by atoms with E-state index < -0.39 is 0 Å². The van der Waals surface area contributed by atoms with Gasteiger partial charge < -0.3 is 4.90 Å². The molecule has 1 fully saturated rings. The van der Waals surface area contributed by atoms with Crippen molar-refractivity contribution in [2.45, 2.75) is 6.54 Å². The Balaban J connectivity index is 1.41. The molecule has 3 aromatic heterocycles. The maximum atomic E-state index is 13.7. The van der Waals surface area contributed by atoms with Crippen LogP contribution in [0.2, 0.25) is 0 Å². The molecule has 1 saturated heterocycles. The van der Waals surface area contributed by atoms with Gasteiger partial charge in [0.05, 0.1) is 6.20 Å². The van der Waals surface area contributed by atoms with Crippen molar-refractivity contribution in [2.75, 3.05) is 31.1 Å². The Hall–Kier alpha value is -2.61. The molecular weight excluding hydrogens is 297 g/mol. The first-order chi connectivity index (χ1) is 11.3. The van der Waals surface area contributed by atoms with Crippen molar-refractivity contribution in [3.05, 3.63) is 48.3 Å². The second kappa shape index (κ2) is 5.88. The van der Waals surface area contributed by atoms with E-state index in [9.17, 15) is 4.39 Å². The van der Waals surface area contributed by atoms with E-state index in [1.54, 1.807) is 23.1 Å². The summed E-state index contributed by atoms with van der Waals surface area (Å²) < 4.78 is 15.4. The molecule has 8 heteroatoms. The first-order valence-electron chi connectivity index (χ1n) is 7.52. The van der Waals surface area contributed by atoms with E-state index in [1.165, 1.54) is 6.20 Å². The molecule has 3 aromatic rings. The summed E-state index contributed by atoms with van der Waals surface area (Å²) in [5.41, 5.74) is 1.43. The summed E-state index contributed by atoms with van der Waals surface area (Å²) in [6.45, 7) is 4.05. The van der Waals surface area contributed by atoms with Crippen LogP contribution < -0.4 is 4.90 Å². The number of fused-ring (bicyclic) bond motifs is 1. The fraction of sp³-hybridized carbons (Fsp3) is 0.333. The lowest BCUT2D eigenvalue weighted by Crippen LogP contribution is -2.46. The second-order valence-electron chi connectivity index (χ2n) is 5.56. The van der Waals surface area contributed by atoms with Crippen LogP contribution in [0.25, 0.3) is 5.65 Å². The first kappa shape index (κ1) is 14.0. The van der Waals surface area contributed by atoms with Crippen LogP contribution in [0.15, 0.2) is 36.9 Å². The zero-order valence-electron chi connectivity index (χ0n) is 12.5. The molecule has 1 aliphatic heterocycles. The van der Waals surface area contributed by atoms with Gasteiger partial charge in [0, 0.05) is 44.5 Å². The summed E-state index contributed by atoms with van der Waals surface area (Å²) in [5, 5.41) is 12.3. The van der Waals surface area contributed by atoms with Crippen LogP contribution >= 0.6 is 0 Å². The van der Waals surface area contributed by atoms with Gasteiger partial charge in [-0.05, 0) is 18.2 Å². The summed E-state index contributed by atoms with van der Waals surface area (Å²) in [7, 11) is 0. The predicted molar refractivity (Wildman–Crippen MR) is 82.5 cm³/mol. The van der Waals surface area contributed by atoms with Crippen LogP contribution in [-0.4, -0.2) is 55.9 Å². The summed E-state index contributed by atoms with van der Waals surface area (Å²) >= 11 is 0. The van der Waals surface area contributed by atoms with E-state index >= 15 is 0 Å². The number of aromatic nitrogens is 5. The zero-order chi connectivity index (χ0) is 15.6. The molecule has 0 spiro atoms. The molecule has 23 heavy (non-hydrogen) atoms. The highest BCUT2D eigenvalue weighted by Gasteiger charge is 2.19. The number of anilines is 1. The van der Waals surface area contributed by atoms with Crippen molar-refractivity contribution < 1.29 is 4.39 Å². The van der Waals surface area contributed by atoms with Crippen LogP contribution in [0.3, 0.4) is 0 Å². The average Bonchev–Trinajstić information content (AvgIpc) is 3.05. The van der Waals surface area contributed by atoms with Gasteiger partial charge in [-0.3, -0.25) is 9.88 Å². The van der Waals surface area contributed by atoms with E-state index in [0.717, 1.165) is 37.6 Å². The average molecular weight is 313 g/mol. The fourth-order valence-electron chi connectivity index (χ4n) is 2.80. The summed E-state index contributed by atoms with van der Waals surface area (Å²) in [6.07, 6.45) is 4.50. The lowest BCUT2D eigenvalue weighted by Gasteiger charge is -2.35.